The van der Waals surface area contributed by atoms with Crippen molar-refractivity contribution in [3.63, 3.8) is 0 Å². The molecule has 0 saturated carbocycles. The van der Waals surface area contributed by atoms with Crippen LogP contribution < -0.4 is 4.74 Å². The molecule has 2 aromatic rings. The van der Waals surface area contributed by atoms with Crippen molar-refractivity contribution in [3.8, 4) is 17.1 Å². The minimum absolute atomic E-state index is 0.488. The standard InChI is InChI=1S/C13H15N3O2/c1-18-10-6-4-9(5-7-10)12-14-13-11(17)3-2-8-16(13)15-12/h4-7,11,17H,2-3,8H2,1H3. The lowest BCUT2D eigenvalue weighted by atomic mass is 10.1. The van der Waals surface area contributed by atoms with Gasteiger partial charge in [0.1, 0.15) is 11.9 Å². The van der Waals surface area contributed by atoms with E-state index in [4.69, 9.17) is 4.74 Å². The summed E-state index contributed by atoms with van der Waals surface area (Å²) < 4.78 is 6.92. The number of fused-ring (bicyclic) bond motifs is 1. The molecule has 1 aromatic carbocycles. The average Bonchev–Trinajstić information content (AvgIpc) is 2.84. The van der Waals surface area contributed by atoms with Crippen molar-refractivity contribution in [2.24, 2.45) is 0 Å². The summed E-state index contributed by atoms with van der Waals surface area (Å²) in [7, 11) is 1.64. The Morgan fingerprint density at radius 2 is 2.11 bits per heavy atom. The Balaban J connectivity index is 1.96. The van der Waals surface area contributed by atoms with E-state index >= 15 is 0 Å². The minimum Gasteiger partial charge on any atom is -0.497 e. The van der Waals surface area contributed by atoms with Crippen LogP contribution >= 0.6 is 0 Å². The molecule has 0 spiro atoms. The Hall–Kier alpha value is -1.88. The number of benzene rings is 1. The largest absolute Gasteiger partial charge is 0.497 e. The Kier molecular flexibility index (Phi) is 2.76. The van der Waals surface area contributed by atoms with Crippen LogP contribution in [0.2, 0.25) is 0 Å². The van der Waals surface area contributed by atoms with E-state index in [1.807, 2.05) is 24.3 Å². The molecule has 1 aliphatic rings. The summed E-state index contributed by atoms with van der Waals surface area (Å²) in [4.78, 5) is 4.42. The van der Waals surface area contributed by atoms with Crippen molar-refractivity contribution < 1.29 is 9.84 Å². The summed E-state index contributed by atoms with van der Waals surface area (Å²) in [5.74, 6) is 2.14. The first kappa shape index (κ1) is 11.2. The molecule has 5 heteroatoms. The van der Waals surface area contributed by atoms with E-state index in [0.717, 1.165) is 30.7 Å². The van der Waals surface area contributed by atoms with Crippen molar-refractivity contribution in [2.45, 2.75) is 25.5 Å². The zero-order valence-corrected chi connectivity index (χ0v) is 10.2. The summed E-state index contributed by atoms with van der Waals surface area (Å²) in [6.07, 6.45) is 1.22. The average molecular weight is 245 g/mol. The normalized spacial score (nSPS) is 18.4. The number of aliphatic hydroxyl groups is 1. The van der Waals surface area contributed by atoms with Crippen LogP contribution in [0.4, 0.5) is 0 Å². The van der Waals surface area contributed by atoms with Crippen molar-refractivity contribution >= 4 is 0 Å². The van der Waals surface area contributed by atoms with Crippen molar-refractivity contribution in [3.05, 3.63) is 30.1 Å². The molecule has 94 valence electrons. The first-order chi connectivity index (χ1) is 8.78. The molecule has 18 heavy (non-hydrogen) atoms. The van der Waals surface area contributed by atoms with Gasteiger partial charge in [0.05, 0.1) is 7.11 Å². The highest BCUT2D eigenvalue weighted by atomic mass is 16.5. The van der Waals surface area contributed by atoms with Gasteiger partial charge >= 0.3 is 0 Å². The molecule has 0 aliphatic carbocycles. The maximum Gasteiger partial charge on any atom is 0.181 e. The molecule has 1 aliphatic heterocycles. The Morgan fingerprint density at radius 3 is 2.78 bits per heavy atom. The van der Waals surface area contributed by atoms with Crippen LogP contribution in [-0.4, -0.2) is 27.0 Å². The third-order valence-electron chi connectivity index (χ3n) is 3.19. The van der Waals surface area contributed by atoms with Gasteiger partial charge in [0.25, 0.3) is 0 Å². The second-order valence-corrected chi connectivity index (χ2v) is 4.40. The Morgan fingerprint density at radius 1 is 1.33 bits per heavy atom. The third-order valence-corrected chi connectivity index (χ3v) is 3.19. The third kappa shape index (κ3) is 1.86. The highest BCUT2D eigenvalue weighted by Crippen LogP contribution is 2.26. The maximum absolute atomic E-state index is 9.86. The lowest BCUT2D eigenvalue weighted by molar-refractivity contribution is 0.130. The second-order valence-electron chi connectivity index (χ2n) is 4.40. The molecule has 0 saturated heterocycles. The number of ether oxygens (including phenoxy) is 1. The van der Waals surface area contributed by atoms with Crippen molar-refractivity contribution in [1.29, 1.82) is 0 Å². The number of aliphatic hydroxyl groups excluding tert-OH is 1. The van der Waals surface area contributed by atoms with Crippen LogP contribution in [0, 0.1) is 0 Å². The lowest BCUT2D eigenvalue weighted by Crippen LogP contribution is -2.16. The fourth-order valence-electron chi connectivity index (χ4n) is 2.19. The fourth-order valence-corrected chi connectivity index (χ4v) is 2.19. The summed E-state index contributed by atoms with van der Waals surface area (Å²) in [6.45, 7) is 0.829. The number of rotatable bonds is 2. The van der Waals surface area contributed by atoms with E-state index < -0.39 is 6.10 Å². The van der Waals surface area contributed by atoms with Gasteiger partial charge in [-0.25, -0.2) is 9.67 Å². The van der Waals surface area contributed by atoms with E-state index in [-0.39, 0.29) is 0 Å². The molecule has 1 N–H and O–H groups in total. The summed E-state index contributed by atoms with van der Waals surface area (Å²) in [6, 6.07) is 7.61. The number of aromatic nitrogens is 3. The van der Waals surface area contributed by atoms with Gasteiger partial charge < -0.3 is 9.84 Å². The molecule has 1 atom stereocenters. The van der Waals surface area contributed by atoms with Gasteiger partial charge in [-0.3, -0.25) is 0 Å². The number of methoxy groups -OCH3 is 1. The number of aryl methyl sites for hydroxylation is 1. The van der Waals surface area contributed by atoms with E-state index in [9.17, 15) is 5.11 Å². The van der Waals surface area contributed by atoms with Gasteiger partial charge in [-0.2, -0.15) is 5.10 Å². The molecule has 0 radical (unpaired) electrons. The van der Waals surface area contributed by atoms with E-state index in [2.05, 4.69) is 10.1 Å². The molecule has 5 nitrogen and oxygen atoms in total. The molecular formula is C13H15N3O2. The van der Waals surface area contributed by atoms with Gasteiger partial charge in [0.2, 0.25) is 0 Å². The minimum atomic E-state index is -0.488. The SMILES string of the molecule is COc1ccc(-c2nc3n(n2)CCCC3O)cc1. The van der Waals surface area contributed by atoms with Crippen molar-refractivity contribution in [2.75, 3.05) is 7.11 Å². The van der Waals surface area contributed by atoms with Gasteiger partial charge in [-0.1, -0.05) is 0 Å². The van der Waals surface area contributed by atoms with Crippen LogP contribution in [0.1, 0.15) is 24.8 Å². The zero-order chi connectivity index (χ0) is 12.5. The Bertz CT molecular complexity index is 548. The number of hydrogen-bond acceptors (Lipinski definition) is 4. The van der Waals surface area contributed by atoms with Crippen LogP contribution in [0.3, 0.4) is 0 Å². The topological polar surface area (TPSA) is 60.2 Å². The van der Waals surface area contributed by atoms with E-state index in [1.165, 1.54) is 0 Å². The molecular weight excluding hydrogens is 230 g/mol. The molecule has 0 bridgehead atoms. The van der Waals surface area contributed by atoms with Gasteiger partial charge in [0, 0.05) is 12.1 Å². The first-order valence-corrected chi connectivity index (χ1v) is 6.05. The van der Waals surface area contributed by atoms with E-state index in [1.54, 1.807) is 11.8 Å². The number of nitrogens with zero attached hydrogens (tertiary/aromatic N) is 3. The molecule has 2 heterocycles. The zero-order valence-electron chi connectivity index (χ0n) is 10.2. The molecule has 0 amide bonds. The molecule has 1 aromatic heterocycles. The lowest BCUT2D eigenvalue weighted by Gasteiger charge is -2.16. The summed E-state index contributed by atoms with van der Waals surface area (Å²) in [5.41, 5.74) is 0.935. The van der Waals surface area contributed by atoms with Gasteiger partial charge in [-0.15, -0.1) is 0 Å². The quantitative estimate of drug-likeness (QED) is 0.876. The van der Waals surface area contributed by atoms with Gasteiger partial charge in [0.15, 0.2) is 11.6 Å². The summed E-state index contributed by atoms with van der Waals surface area (Å²) >= 11 is 0. The van der Waals surface area contributed by atoms with Crippen LogP contribution in [0.15, 0.2) is 24.3 Å². The van der Waals surface area contributed by atoms with E-state index in [0.29, 0.717) is 11.6 Å². The van der Waals surface area contributed by atoms with Gasteiger partial charge in [-0.05, 0) is 37.1 Å². The van der Waals surface area contributed by atoms with Crippen LogP contribution in [0.25, 0.3) is 11.4 Å². The molecule has 3 rings (SSSR count). The number of hydrogen-bond donors (Lipinski definition) is 1. The highest BCUT2D eigenvalue weighted by molar-refractivity contribution is 5.56. The second kappa shape index (κ2) is 4.42. The smallest absolute Gasteiger partial charge is 0.181 e. The first-order valence-electron chi connectivity index (χ1n) is 6.05. The monoisotopic (exact) mass is 245 g/mol. The molecule has 0 fully saturated rings. The van der Waals surface area contributed by atoms with Crippen molar-refractivity contribution in [1.82, 2.24) is 14.8 Å². The molecule has 1 unspecified atom stereocenters. The predicted octanol–water partition coefficient (Wildman–Crippen LogP) is 1.78. The van der Waals surface area contributed by atoms with Crippen LogP contribution in [-0.2, 0) is 6.54 Å². The van der Waals surface area contributed by atoms with Crippen LogP contribution in [0.5, 0.6) is 5.75 Å². The predicted molar refractivity (Wildman–Crippen MR) is 66.2 cm³/mol. The highest BCUT2D eigenvalue weighted by Gasteiger charge is 2.22. The summed E-state index contributed by atoms with van der Waals surface area (Å²) in [5, 5.41) is 14.3. The fraction of sp³-hybridized carbons (Fsp3) is 0.385. The maximum atomic E-state index is 9.86. The Labute approximate surface area is 105 Å².